The van der Waals surface area contributed by atoms with Gasteiger partial charge in [-0.1, -0.05) is 19.9 Å². The highest BCUT2D eigenvalue weighted by molar-refractivity contribution is 6.28. The Morgan fingerprint density at radius 1 is 1.32 bits per heavy atom. The topological polar surface area (TPSA) is 38.1 Å². The van der Waals surface area contributed by atoms with E-state index >= 15 is 0 Å². The molecule has 0 aromatic carbocycles. The lowest BCUT2D eigenvalue weighted by atomic mass is 9.98. The summed E-state index contributed by atoms with van der Waals surface area (Å²) >= 11 is 5.77. The molecule has 3 nitrogen and oxygen atoms in total. The first-order chi connectivity index (χ1) is 9.15. The standard InChI is InChI=1S/C15H19ClN2O/c1-11(2)8-14(12-4-3-7-17-9-12)18-10-13-5-6-15(16)19-13/h3-7,9,11,14,18H,8,10H2,1-2H3. The van der Waals surface area contributed by atoms with E-state index in [2.05, 4.69) is 30.2 Å². The van der Waals surface area contributed by atoms with Crippen LogP contribution in [0.25, 0.3) is 0 Å². The predicted octanol–water partition coefficient (Wildman–Crippen LogP) is 4.21. The highest BCUT2D eigenvalue weighted by atomic mass is 35.5. The van der Waals surface area contributed by atoms with Gasteiger partial charge in [0.25, 0.3) is 0 Å². The fraction of sp³-hybridized carbons (Fsp3) is 0.400. The van der Waals surface area contributed by atoms with Gasteiger partial charge in [0.2, 0.25) is 0 Å². The van der Waals surface area contributed by atoms with Crippen molar-refractivity contribution in [1.29, 1.82) is 0 Å². The highest BCUT2D eigenvalue weighted by Gasteiger charge is 2.13. The van der Waals surface area contributed by atoms with Crippen LogP contribution in [-0.2, 0) is 6.54 Å². The first-order valence-corrected chi connectivity index (χ1v) is 6.90. The summed E-state index contributed by atoms with van der Waals surface area (Å²) in [7, 11) is 0. The van der Waals surface area contributed by atoms with Crippen molar-refractivity contribution >= 4 is 11.6 Å². The number of hydrogen-bond acceptors (Lipinski definition) is 3. The number of furan rings is 1. The molecule has 0 aliphatic rings. The van der Waals surface area contributed by atoms with Gasteiger partial charge < -0.3 is 9.73 Å². The number of rotatable bonds is 6. The Morgan fingerprint density at radius 3 is 2.74 bits per heavy atom. The quantitative estimate of drug-likeness (QED) is 0.860. The minimum atomic E-state index is 0.276. The number of hydrogen-bond donors (Lipinski definition) is 1. The number of nitrogens with zero attached hydrogens (tertiary/aromatic N) is 1. The second kappa shape index (κ2) is 6.73. The Morgan fingerprint density at radius 2 is 2.16 bits per heavy atom. The third-order valence-electron chi connectivity index (χ3n) is 2.95. The van der Waals surface area contributed by atoms with E-state index in [1.807, 2.05) is 18.3 Å². The van der Waals surface area contributed by atoms with Crippen LogP contribution < -0.4 is 5.32 Å². The van der Waals surface area contributed by atoms with Crippen molar-refractivity contribution in [3.63, 3.8) is 0 Å². The second-order valence-corrected chi connectivity index (χ2v) is 5.43. The summed E-state index contributed by atoms with van der Waals surface area (Å²) in [5.41, 5.74) is 1.20. The van der Waals surface area contributed by atoms with Crippen molar-refractivity contribution in [3.05, 3.63) is 53.2 Å². The third-order valence-corrected chi connectivity index (χ3v) is 3.15. The Bertz CT molecular complexity index is 496. The van der Waals surface area contributed by atoms with E-state index in [1.165, 1.54) is 5.56 Å². The van der Waals surface area contributed by atoms with Gasteiger partial charge in [0, 0.05) is 18.4 Å². The smallest absolute Gasteiger partial charge is 0.193 e. The fourth-order valence-electron chi connectivity index (χ4n) is 2.06. The molecule has 0 spiro atoms. The van der Waals surface area contributed by atoms with Crippen LogP contribution in [0.4, 0.5) is 0 Å². The van der Waals surface area contributed by atoms with Crippen LogP contribution in [0.5, 0.6) is 0 Å². The minimum absolute atomic E-state index is 0.276. The van der Waals surface area contributed by atoms with Gasteiger partial charge in [-0.15, -0.1) is 0 Å². The maximum atomic E-state index is 5.77. The Balaban J connectivity index is 2.02. The van der Waals surface area contributed by atoms with Gasteiger partial charge in [0.05, 0.1) is 6.54 Å². The van der Waals surface area contributed by atoms with Crippen molar-refractivity contribution < 1.29 is 4.42 Å². The van der Waals surface area contributed by atoms with E-state index in [9.17, 15) is 0 Å². The zero-order valence-electron chi connectivity index (χ0n) is 11.3. The Hall–Kier alpha value is -1.32. The summed E-state index contributed by atoms with van der Waals surface area (Å²) in [4.78, 5) is 4.19. The molecule has 102 valence electrons. The van der Waals surface area contributed by atoms with Crippen molar-refractivity contribution in [2.75, 3.05) is 0 Å². The molecule has 0 amide bonds. The molecule has 0 aliphatic heterocycles. The molecule has 0 fully saturated rings. The zero-order chi connectivity index (χ0) is 13.7. The molecule has 0 radical (unpaired) electrons. The van der Waals surface area contributed by atoms with Gasteiger partial charge >= 0.3 is 0 Å². The molecule has 0 bridgehead atoms. The maximum Gasteiger partial charge on any atom is 0.193 e. The maximum absolute atomic E-state index is 5.77. The van der Waals surface area contributed by atoms with Crippen LogP contribution in [0.2, 0.25) is 5.22 Å². The van der Waals surface area contributed by atoms with Crippen LogP contribution in [-0.4, -0.2) is 4.98 Å². The predicted molar refractivity (Wildman–Crippen MR) is 77.0 cm³/mol. The van der Waals surface area contributed by atoms with Gasteiger partial charge in [-0.05, 0) is 47.7 Å². The average Bonchev–Trinajstić information content (AvgIpc) is 2.81. The molecule has 2 rings (SSSR count). The fourth-order valence-corrected chi connectivity index (χ4v) is 2.22. The largest absolute Gasteiger partial charge is 0.448 e. The normalized spacial score (nSPS) is 12.8. The summed E-state index contributed by atoms with van der Waals surface area (Å²) in [5, 5.41) is 3.93. The Labute approximate surface area is 119 Å². The third kappa shape index (κ3) is 4.37. The molecule has 0 saturated heterocycles. The van der Waals surface area contributed by atoms with Crippen molar-refractivity contribution in [2.24, 2.45) is 5.92 Å². The molecule has 2 aromatic heterocycles. The molecule has 1 atom stereocenters. The summed E-state index contributed by atoms with van der Waals surface area (Å²) in [6, 6.07) is 8.00. The van der Waals surface area contributed by atoms with E-state index in [1.54, 1.807) is 12.3 Å². The second-order valence-electron chi connectivity index (χ2n) is 5.06. The number of halogens is 1. The van der Waals surface area contributed by atoms with Crippen LogP contribution >= 0.6 is 11.6 Å². The molecule has 0 saturated carbocycles. The number of aromatic nitrogens is 1. The summed E-state index contributed by atoms with van der Waals surface area (Å²) in [6.07, 6.45) is 4.76. The van der Waals surface area contributed by atoms with E-state index in [-0.39, 0.29) is 6.04 Å². The molecule has 2 aromatic rings. The molecule has 1 N–H and O–H groups in total. The molecule has 0 aliphatic carbocycles. The number of nitrogens with one attached hydrogen (secondary N) is 1. The SMILES string of the molecule is CC(C)CC(NCc1ccc(Cl)o1)c1cccnc1. The van der Waals surface area contributed by atoms with E-state index in [4.69, 9.17) is 16.0 Å². The van der Waals surface area contributed by atoms with Crippen LogP contribution in [0.15, 0.2) is 41.1 Å². The van der Waals surface area contributed by atoms with Gasteiger partial charge in [-0.3, -0.25) is 4.98 Å². The van der Waals surface area contributed by atoms with Gasteiger partial charge in [-0.2, -0.15) is 0 Å². The average molecular weight is 279 g/mol. The summed E-state index contributed by atoms with van der Waals surface area (Å²) in [6.45, 7) is 5.10. The summed E-state index contributed by atoms with van der Waals surface area (Å²) < 4.78 is 5.36. The number of pyridine rings is 1. The highest BCUT2D eigenvalue weighted by Crippen LogP contribution is 2.21. The lowest BCUT2D eigenvalue weighted by molar-refractivity contribution is 0.400. The molecule has 4 heteroatoms. The summed E-state index contributed by atoms with van der Waals surface area (Å²) in [5.74, 6) is 1.46. The van der Waals surface area contributed by atoms with Crippen LogP contribution in [0.3, 0.4) is 0 Å². The van der Waals surface area contributed by atoms with E-state index < -0.39 is 0 Å². The van der Waals surface area contributed by atoms with Gasteiger partial charge in [0.1, 0.15) is 5.76 Å². The lowest BCUT2D eigenvalue weighted by Gasteiger charge is -2.20. The lowest BCUT2D eigenvalue weighted by Crippen LogP contribution is -2.22. The van der Waals surface area contributed by atoms with E-state index in [0.29, 0.717) is 17.7 Å². The van der Waals surface area contributed by atoms with Crippen molar-refractivity contribution in [3.8, 4) is 0 Å². The monoisotopic (exact) mass is 278 g/mol. The van der Waals surface area contributed by atoms with Gasteiger partial charge in [0.15, 0.2) is 5.22 Å². The van der Waals surface area contributed by atoms with Gasteiger partial charge in [-0.25, -0.2) is 0 Å². The van der Waals surface area contributed by atoms with Crippen LogP contribution in [0.1, 0.15) is 37.6 Å². The molecule has 2 heterocycles. The van der Waals surface area contributed by atoms with E-state index in [0.717, 1.165) is 12.2 Å². The first-order valence-electron chi connectivity index (χ1n) is 6.52. The first kappa shape index (κ1) is 14.1. The zero-order valence-corrected chi connectivity index (χ0v) is 12.0. The molecule has 19 heavy (non-hydrogen) atoms. The molecular weight excluding hydrogens is 260 g/mol. The van der Waals surface area contributed by atoms with Crippen molar-refractivity contribution in [2.45, 2.75) is 32.9 Å². The Kier molecular flexibility index (Phi) is 5.00. The van der Waals surface area contributed by atoms with Crippen LogP contribution in [0, 0.1) is 5.92 Å². The molecular formula is C15H19ClN2O. The minimum Gasteiger partial charge on any atom is -0.448 e. The molecule has 1 unspecified atom stereocenters. The van der Waals surface area contributed by atoms with Crippen molar-refractivity contribution in [1.82, 2.24) is 10.3 Å².